The van der Waals surface area contributed by atoms with Crippen LogP contribution in [0.5, 0.6) is 0 Å². The third-order valence-corrected chi connectivity index (χ3v) is 0.301. The van der Waals surface area contributed by atoms with Crippen LogP contribution in [-0.2, 0) is 25.3 Å². The van der Waals surface area contributed by atoms with E-state index in [4.69, 9.17) is 24.3 Å². The Bertz CT molecular complexity index is 93.2. The number of hydrogen-bond acceptors (Lipinski definition) is 2. The SMILES string of the molecule is CC(=O)C(=O)O.[Cl][Ir][Cl]. The number of halogens is 2. The Kier molecular flexibility index (Phi) is 11.2. The van der Waals surface area contributed by atoms with Gasteiger partial charge in [0.25, 0.3) is 0 Å². The molecule has 0 aliphatic rings. The average Bonchev–Trinajstić information content (AvgIpc) is 1.68. The monoisotopic (exact) mass is 351 g/mol. The summed E-state index contributed by atoms with van der Waals surface area (Å²) in [5.74, 6) is -2.20. The molecule has 6 heteroatoms. The molecular weight excluding hydrogens is 347 g/mol. The minimum atomic E-state index is -1.38. The van der Waals surface area contributed by atoms with Crippen molar-refractivity contribution in [1.29, 1.82) is 0 Å². The number of carbonyl (C=O) groups excluding carboxylic acids is 1. The maximum atomic E-state index is 9.54. The zero-order valence-electron chi connectivity index (χ0n) is 4.35. The Morgan fingerprint density at radius 1 is 1.44 bits per heavy atom. The van der Waals surface area contributed by atoms with Gasteiger partial charge in [-0.15, -0.1) is 0 Å². The summed E-state index contributed by atoms with van der Waals surface area (Å²) in [5, 5.41) is 7.64. The van der Waals surface area contributed by atoms with Crippen molar-refractivity contribution in [3.05, 3.63) is 0 Å². The number of carboxylic acid groups (broad SMARTS) is 1. The van der Waals surface area contributed by atoms with Gasteiger partial charge >= 0.3 is 40.8 Å². The van der Waals surface area contributed by atoms with Gasteiger partial charge in [0, 0.05) is 6.92 Å². The number of aliphatic carboxylic acids is 1. The maximum absolute atomic E-state index is 9.54. The van der Waals surface area contributed by atoms with Crippen LogP contribution in [0.25, 0.3) is 0 Å². The zero-order chi connectivity index (χ0) is 7.86. The van der Waals surface area contributed by atoms with Crippen molar-refractivity contribution >= 4 is 30.9 Å². The van der Waals surface area contributed by atoms with Crippen LogP contribution in [0.1, 0.15) is 6.92 Å². The molecule has 0 aromatic rings. The van der Waals surface area contributed by atoms with Crippen LogP contribution in [-0.4, -0.2) is 16.9 Å². The van der Waals surface area contributed by atoms with Crippen molar-refractivity contribution in [3.8, 4) is 0 Å². The molecule has 0 fully saturated rings. The van der Waals surface area contributed by atoms with Crippen LogP contribution >= 0.6 is 19.2 Å². The Balaban J connectivity index is 0. The van der Waals surface area contributed by atoms with E-state index in [9.17, 15) is 9.59 Å². The molecule has 0 aromatic carbocycles. The third-order valence-electron chi connectivity index (χ3n) is 0.301. The van der Waals surface area contributed by atoms with Gasteiger partial charge in [-0.25, -0.2) is 4.79 Å². The van der Waals surface area contributed by atoms with Gasteiger partial charge in [-0.1, -0.05) is 0 Å². The zero-order valence-corrected chi connectivity index (χ0v) is 8.26. The second-order valence-corrected chi connectivity index (χ2v) is 4.37. The summed E-state index contributed by atoms with van der Waals surface area (Å²) < 4.78 is 0. The van der Waals surface area contributed by atoms with Gasteiger partial charge in [0.2, 0.25) is 5.78 Å². The first-order valence-electron chi connectivity index (χ1n) is 1.63. The van der Waals surface area contributed by atoms with Crippen molar-refractivity contribution in [1.82, 2.24) is 0 Å². The van der Waals surface area contributed by atoms with Gasteiger partial charge in [0.1, 0.15) is 0 Å². The Morgan fingerprint density at radius 2 is 1.56 bits per heavy atom. The van der Waals surface area contributed by atoms with Crippen molar-refractivity contribution in [2.45, 2.75) is 6.92 Å². The number of ketones is 1. The molecule has 0 heterocycles. The van der Waals surface area contributed by atoms with Crippen LogP contribution in [0.2, 0.25) is 0 Å². The van der Waals surface area contributed by atoms with E-state index in [1.54, 1.807) is 0 Å². The molecule has 0 spiro atoms. The number of Topliss-reactive ketones (excluding diaryl/α,β-unsaturated/α-hetero) is 1. The normalized spacial score (nSPS) is 7.44. The molecule has 9 heavy (non-hydrogen) atoms. The molecular formula is C3H4Cl2IrO3. The number of hydrogen-bond donors (Lipinski definition) is 1. The van der Waals surface area contributed by atoms with Crippen LogP contribution < -0.4 is 0 Å². The van der Waals surface area contributed by atoms with Crippen LogP contribution in [0.15, 0.2) is 0 Å². The first kappa shape index (κ1) is 12.1. The molecule has 0 radical (unpaired) electrons. The fraction of sp³-hybridized carbons (Fsp3) is 0.333. The second-order valence-electron chi connectivity index (χ2n) is 0.909. The van der Waals surface area contributed by atoms with E-state index >= 15 is 0 Å². The molecule has 0 bridgehead atoms. The number of rotatable bonds is 1. The Hall–Kier alpha value is 0.369. The molecule has 57 valence electrons. The first-order chi connectivity index (χ1) is 4.06. The molecule has 1 N–H and O–H groups in total. The van der Waals surface area contributed by atoms with Gasteiger partial charge in [-0.2, -0.15) is 0 Å². The number of carboxylic acids is 1. The molecule has 0 atom stereocenters. The van der Waals surface area contributed by atoms with Crippen molar-refractivity contribution < 1.29 is 30.4 Å². The van der Waals surface area contributed by atoms with Crippen molar-refractivity contribution in [3.63, 3.8) is 0 Å². The second kappa shape index (κ2) is 8.37. The molecule has 3 nitrogen and oxygen atoms in total. The molecule has 0 rings (SSSR count). The standard InChI is InChI=1S/C3H4O3.2ClH.Ir/c1-2(4)3(5)6;;;/h1H3,(H,5,6);2*1H;/q;;;+2/p-2. The van der Waals surface area contributed by atoms with E-state index in [-0.39, 0.29) is 0 Å². The molecule has 0 amide bonds. The van der Waals surface area contributed by atoms with E-state index in [0.29, 0.717) is 0 Å². The Morgan fingerprint density at radius 3 is 1.56 bits per heavy atom. The van der Waals surface area contributed by atoms with Gasteiger partial charge in [0.05, 0.1) is 0 Å². The van der Waals surface area contributed by atoms with Gasteiger partial charge in [-0.3, -0.25) is 4.79 Å². The van der Waals surface area contributed by atoms with Crippen LogP contribution in [0.4, 0.5) is 0 Å². The molecule has 0 aliphatic heterocycles. The average molecular weight is 351 g/mol. The predicted molar refractivity (Wildman–Crippen MR) is 30.0 cm³/mol. The van der Waals surface area contributed by atoms with E-state index in [1.807, 2.05) is 0 Å². The minimum absolute atomic E-state index is 0.556. The summed E-state index contributed by atoms with van der Waals surface area (Å²) in [6.07, 6.45) is 0. The van der Waals surface area contributed by atoms with E-state index < -0.39 is 27.4 Å². The fourth-order valence-electron chi connectivity index (χ4n) is 0. The summed E-state index contributed by atoms with van der Waals surface area (Å²) in [6, 6.07) is 0. The fourth-order valence-corrected chi connectivity index (χ4v) is 0. The summed E-state index contributed by atoms with van der Waals surface area (Å²) in [4.78, 5) is 18.9. The van der Waals surface area contributed by atoms with Gasteiger partial charge in [0.15, 0.2) is 0 Å². The quantitative estimate of drug-likeness (QED) is 0.719. The van der Waals surface area contributed by atoms with E-state index in [0.717, 1.165) is 6.92 Å². The summed E-state index contributed by atoms with van der Waals surface area (Å²) >= 11 is -0.556. The topological polar surface area (TPSA) is 54.4 Å². The molecule has 0 aliphatic carbocycles. The Labute approximate surface area is 68.3 Å². The van der Waals surface area contributed by atoms with E-state index in [1.165, 1.54) is 0 Å². The molecule has 0 saturated heterocycles. The number of carbonyl (C=O) groups is 2. The van der Waals surface area contributed by atoms with Gasteiger partial charge < -0.3 is 5.11 Å². The van der Waals surface area contributed by atoms with Crippen molar-refractivity contribution in [2.75, 3.05) is 0 Å². The van der Waals surface area contributed by atoms with Crippen molar-refractivity contribution in [2.24, 2.45) is 0 Å². The third kappa shape index (κ3) is 17.8. The summed E-state index contributed by atoms with van der Waals surface area (Å²) in [5.41, 5.74) is 0. The summed E-state index contributed by atoms with van der Waals surface area (Å²) in [7, 11) is 9.78. The molecule has 0 aromatic heterocycles. The summed E-state index contributed by atoms with van der Waals surface area (Å²) in [6.45, 7) is 1.00. The molecule has 0 saturated carbocycles. The predicted octanol–water partition coefficient (Wildman–Crippen LogP) is 1.04. The first-order valence-corrected chi connectivity index (χ1v) is 7.57. The van der Waals surface area contributed by atoms with E-state index in [2.05, 4.69) is 0 Å². The molecule has 0 unspecified atom stereocenters. The van der Waals surface area contributed by atoms with Gasteiger partial charge in [-0.05, 0) is 0 Å². The van der Waals surface area contributed by atoms with Crippen LogP contribution in [0, 0.1) is 0 Å². The van der Waals surface area contributed by atoms with Crippen LogP contribution in [0.3, 0.4) is 0 Å².